The second kappa shape index (κ2) is 10.3. The molecule has 1 unspecified atom stereocenters. The third kappa shape index (κ3) is 5.81. The smallest absolute Gasteiger partial charge is 0.128 e. The number of aromatic nitrogens is 1. The van der Waals surface area contributed by atoms with Crippen LogP contribution in [0.2, 0.25) is 0 Å². The number of rotatable bonds is 7. The molecule has 2 aliphatic rings. The maximum Gasteiger partial charge on any atom is 0.128 e. The third-order valence-electron chi connectivity index (χ3n) is 5.54. The summed E-state index contributed by atoms with van der Waals surface area (Å²) in [5.74, 6) is 1.90. The van der Waals surface area contributed by atoms with Crippen molar-refractivity contribution in [2.45, 2.75) is 38.3 Å². The van der Waals surface area contributed by atoms with Crippen LogP contribution >= 0.6 is 12.4 Å². The largest absolute Gasteiger partial charge is 0.383 e. The molecule has 0 radical (unpaired) electrons. The van der Waals surface area contributed by atoms with Crippen LogP contribution in [0.5, 0.6) is 0 Å². The Morgan fingerprint density at radius 1 is 1.28 bits per heavy atom. The molecule has 0 bridgehead atoms. The Morgan fingerprint density at radius 2 is 2.08 bits per heavy atom. The van der Waals surface area contributed by atoms with Crippen molar-refractivity contribution >= 4 is 18.2 Å². The van der Waals surface area contributed by atoms with Crippen LogP contribution in [0.25, 0.3) is 0 Å². The number of ether oxygens (including phenoxy) is 1. The van der Waals surface area contributed by atoms with Crippen molar-refractivity contribution < 1.29 is 4.74 Å². The normalized spacial score (nSPS) is 21.9. The molecule has 1 atom stereocenters. The second-order valence-corrected chi connectivity index (χ2v) is 7.26. The molecule has 0 aromatic carbocycles. The van der Waals surface area contributed by atoms with Gasteiger partial charge in [-0.15, -0.1) is 12.4 Å². The molecule has 0 saturated carbocycles. The van der Waals surface area contributed by atoms with Gasteiger partial charge in [-0.2, -0.15) is 0 Å². The van der Waals surface area contributed by atoms with Crippen molar-refractivity contribution in [3.8, 4) is 0 Å². The molecule has 25 heavy (non-hydrogen) atoms. The summed E-state index contributed by atoms with van der Waals surface area (Å²) in [5, 5.41) is 3.68. The number of piperidine rings is 1. The van der Waals surface area contributed by atoms with Gasteiger partial charge in [-0.3, -0.25) is 4.90 Å². The Hall–Kier alpha value is -0.880. The molecule has 3 rings (SSSR count). The zero-order chi connectivity index (χ0) is 16.8. The van der Waals surface area contributed by atoms with Crippen molar-refractivity contribution in [3.05, 3.63) is 23.9 Å². The highest BCUT2D eigenvalue weighted by Crippen LogP contribution is 2.26. The van der Waals surface area contributed by atoms with E-state index in [1.54, 1.807) is 7.11 Å². The topological polar surface area (TPSA) is 40.6 Å². The van der Waals surface area contributed by atoms with Crippen LogP contribution in [-0.4, -0.2) is 62.9 Å². The van der Waals surface area contributed by atoms with E-state index >= 15 is 0 Å². The van der Waals surface area contributed by atoms with Gasteiger partial charge in [0.2, 0.25) is 0 Å². The molecule has 0 aliphatic carbocycles. The lowest BCUT2D eigenvalue weighted by molar-refractivity contribution is 0.157. The molecule has 1 N–H and O–H groups in total. The zero-order valence-corrected chi connectivity index (χ0v) is 16.4. The molecule has 3 heterocycles. The van der Waals surface area contributed by atoms with E-state index in [4.69, 9.17) is 4.74 Å². The molecule has 2 saturated heterocycles. The third-order valence-corrected chi connectivity index (χ3v) is 5.54. The van der Waals surface area contributed by atoms with E-state index in [1.807, 2.05) is 6.20 Å². The van der Waals surface area contributed by atoms with Crippen LogP contribution in [0.4, 0.5) is 5.82 Å². The number of anilines is 1. The van der Waals surface area contributed by atoms with Gasteiger partial charge in [-0.25, -0.2) is 4.98 Å². The average molecular weight is 369 g/mol. The van der Waals surface area contributed by atoms with E-state index in [2.05, 4.69) is 39.3 Å². The van der Waals surface area contributed by atoms with E-state index in [-0.39, 0.29) is 12.4 Å². The molecule has 0 amide bonds. The zero-order valence-electron chi connectivity index (χ0n) is 15.6. The van der Waals surface area contributed by atoms with E-state index < -0.39 is 0 Å². The predicted molar refractivity (Wildman–Crippen MR) is 106 cm³/mol. The minimum atomic E-state index is 0. The standard InChI is InChI=1S/C19H32N4O.ClH/c1-22(12-13-24-2)19-6-5-16(14-21-19)15-23-10-7-17(8-11-23)18-4-3-9-20-18;/h5-6,14,17-18,20H,3-4,7-13,15H2,1-2H3;1H. The fourth-order valence-electron chi connectivity index (χ4n) is 3.96. The summed E-state index contributed by atoms with van der Waals surface area (Å²) in [5.41, 5.74) is 1.32. The van der Waals surface area contributed by atoms with Gasteiger partial charge < -0.3 is 15.0 Å². The highest BCUT2D eigenvalue weighted by Gasteiger charge is 2.28. The van der Waals surface area contributed by atoms with Crippen LogP contribution in [0.3, 0.4) is 0 Å². The SMILES string of the molecule is COCCN(C)c1ccc(CN2CCC(C3CCCN3)CC2)cn1.Cl. The minimum Gasteiger partial charge on any atom is -0.383 e. The van der Waals surface area contributed by atoms with Crippen LogP contribution in [0.15, 0.2) is 18.3 Å². The fraction of sp³-hybridized carbons (Fsp3) is 0.737. The minimum absolute atomic E-state index is 0. The summed E-state index contributed by atoms with van der Waals surface area (Å²) in [4.78, 5) is 9.32. The molecule has 2 fully saturated rings. The van der Waals surface area contributed by atoms with E-state index in [0.29, 0.717) is 0 Å². The maximum atomic E-state index is 5.12. The van der Waals surface area contributed by atoms with Gasteiger partial charge in [0, 0.05) is 39.5 Å². The van der Waals surface area contributed by atoms with Gasteiger partial charge in [0.1, 0.15) is 5.82 Å². The highest BCUT2D eigenvalue weighted by molar-refractivity contribution is 5.85. The molecule has 6 heteroatoms. The second-order valence-electron chi connectivity index (χ2n) is 7.26. The Labute approximate surface area is 158 Å². The van der Waals surface area contributed by atoms with Crippen molar-refractivity contribution in [2.75, 3.05) is 51.8 Å². The van der Waals surface area contributed by atoms with E-state index in [0.717, 1.165) is 37.5 Å². The Bertz CT molecular complexity index is 485. The summed E-state index contributed by atoms with van der Waals surface area (Å²) in [6, 6.07) is 5.13. The number of hydrogen-bond donors (Lipinski definition) is 1. The van der Waals surface area contributed by atoms with Crippen molar-refractivity contribution in [2.24, 2.45) is 5.92 Å². The molecule has 1 aromatic rings. The van der Waals surface area contributed by atoms with Crippen molar-refractivity contribution in [1.82, 2.24) is 15.2 Å². The fourth-order valence-corrected chi connectivity index (χ4v) is 3.96. The lowest BCUT2D eigenvalue weighted by Crippen LogP contribution is -2.40. The van der Waals surface area contributed by atoms with Gasteiger partial charge in [-0.1, -0.05) is 6.07 Å². The summed E-state index contributed by atoms with van der Waals surface area (Å²) in [6.45, 7) is 6.29. The average Bonchev–Trinajstić information content (AvgIpc) is 3.15. The molecular weight excluding hydrogens is 336 g/mol. The molecule has 142 valence electrons. The van der Waals surface area contributed by atoms with Gasteiger partial charge >= 0.3 is 0 Å². The summed E-state index contributed by atoms with van der Waals surface area (Å²) >= 11 is 0. The van der Waals surface area contributed by atoms with E-state index in [9.17, 15) is 0 Å². The van der Waals surface area contributed by atoms with Crippen LogP contribution < -0.4 is 10.2 Å². The molecular formula is C19H33ClN4O. The number of likely N-dealkylation sites (tertiary alicyclic amines) is 1. The number of nitrogens with one attached hydrogen (secondary N) is 1. The summed E-state index contributed by atoms with van der Waals surface area (Å²) < 4.78 is 5.12. The predicted octanol–water partition coefficient (Wildman–Crippen LogP) is 2.55. The lowest BCUT2D eigenvalue weighted by atomic mass is 9.88. The van der Waals surface area contributed by atoms with Gasteiger partial charge in [0.25, 0.3) is 0 Å². The number of likely N-dealkylation sites (N-methyl/N-ethyl adjacent to an activating group) is 1. The molecule has 5 nitrogen and oxygen atoms in total. The first-order chi connectivity index (χ1) is 11.8. The first kappa shape index (κ1) is 20.4. The van der Waals surface area contributed by atoms with Crippen LogP contribution in [-0.2, 0) is 11.3 Å². The number of nitrogens with zero attached hydrogens (tertiary/aromatic N) is 3. The Kier molecular flexibility index (Phi) is 8.43. The number of pyridine rings is 1. The van der Waals surface area contributed by atoms with Crippen LogP contribution in [0.1, 0.15) is 31.2 Å². The van der Waals surface area contributed by atoms with Crippen molar-refractivity contribution in [3.63, 3.8) is 0 Å². The monoisotopic (exact) mass is 368 g/mol. The van der Waals surface area contributed by atoms with Gasteiger partial charge in [0.05, 0.1) is 6.61 Å². The lowest BCUT2D eigenvalue weighted by Gasteiger charge is -2.34. The van der Waals surface area contributed by atoms with E-state index in [1.165, 1.54) is 50.9 Å². The number of methoxy groups -OCH3 is 1. The molecule has 0 spiro atoms. The van der Waals surface area contributed by atoms with Crippen LogP contribution in [0, 0.1) is 5.92 Å². The first-order valence-corrected chi connectivity index (χ1v) is 9.37. The Morgan fingerprint density at radius 3 is 2.68 bits per heavy atom. The van der Waals surface area contributed by atoms with Crippen molar-refractivity contribution in [1.29, 1.82) is 0 Å². The molecule has 1 aromatic heterocycles. The quantitative estimate of drug-likeness (QED) is 0.801. The maximum absolute atomic E-state index is 5.12. The summed E-state index contributed by atoms with van der Waals surface area (Å²) in [7, 11) is 3.79. The number of halogens is 1. The molecule has 2 aliphatic heterocycles. The first-order valence-electron chi connectivity index (χ1n) is 9.37. The Balaban J connectivity index is 0.00000225. The highest BCUT2D eigenvalue weighted by atomic mass is 35.5. The van der Waals surface area contributed by atoms with Gasteiger partial charge in [-0.05, 0) is 62.9 Å². The van der Waals surface area contributed by atoms with Gasteiger partial charge in [0.15, 0.2) is 0 Å². The number of hydrogen-bond acceptors (Lipinski definition) is 5. The summed E-state index contributed by atoms with van der Waals surface area (Å²) in [6.07, 6.45) is 7.45.